The van der Waals surface area contributed by atoms with Crippen LogP contribution in [0.3, 0.4) is 0 Å². The molecule has 0 bridgehead atoms. The fraction of sp³-hybridized carbons (Fsp3) is 0.700. The summed E-state index contributed by atoms with van der Waals surface area (Å²) >= 11 is 0. The third-order valence-electron chi connectivity index (χ3n) is 2.21. The Morgan fingerprint density at radius 1 is 1.53 bits per heavy atom. The maximum atomic E-state index is 11.1. The highest BCUT2D eigenvalue weighted by Crippen LogP contribution is 1.92. The summed E-state index contributed by atoms with van der Waals surface area (Å²) in [5, 5.41) is 3.26. The van der Waals surface area contributed by atoms with Crippen LogP contribution in [0.1, 0.15) is 6.92 Å². The number of rotatable bonds is 4. The Hall–Kier alpha value is -1.07. The van der Waals surface area contributed by atoms with Crippen LogP contribution in [0.5, 0.6) is 0 Å². The van der Waals surface area contributed by atoms with Crippen molar-refractivity contribution in [2.24, 2.45) is 5.73 Å². The summed E-state index contributed by atoms with van der Waals surface area (Å²) in [5.74, 6) is -0.356. The number of carbonyl (C=O) groups excluding carboxylic acids is 1. The Morgan fingerprint density at radius 3 is 2.80 bits per heavy atom. The molecule has 0 amide bonds. The van der Waals surface area contributed by atoms with Crippen molar-refractivity contribution < 1.29 is 9.53 Å². The van der Waals surface area contributed by atoms with E-state index in [4.69, 9.17) is 10.5 Å². The first-order valence-electron chi connectivity index (χ1n) is 5.22. The molecule has 0 aliphatic carbocycles. The highest BCUT2D eigenvalue weighted by Gasteiger charge is 2.09. The first-order chi connectivity index (χ1) is 7.18. The molecule has 0 atom stereocenters. The lowest BCUT2D eigenvalue weighted by molar-refractivity contribution is -0.138. The van der Waals surface area contributed by atoms with Gasteiger partial charge >= 0.3 is 5.97 Å². The Bertz CT molecular complexity index is 231. The van der Waals surface area contributed by atoms with E-state index in [0.717, 1.165) is 32.7 Å². The fourth-order valence-corrected chi connectivity index (χ4v) is 1.44. The third kappa shape index (κ3) is 5.39. The number of piperazine rings is 1. The van der Waals surface area contributed by atoms with Crippen molar-refractivity contribution >= 4 is 5.97 Å². The van der Waals surface area contributed by atoms with Crippen molar-refractivity contribution in [1.29, 1.82) is 0 Å². The molecule has 5 nitrogen and oxygen atoms in total. The molecule has 1 aliphatic heterocycles. The highest BCUT2D eigenvalue weighted by molar-refractivity contribution is 5.82. The van der Waals surface area contributed by atoms with E-state index in [1.807, 2.05) is 0 Å². The van der Waals surface area contributed by atoms with Gasteiger partial charge < -0.3 is 15.8 Å². The van der Waals surface area contributed by atoms with E-state index < -0.39 is 0 Å². The largest absolute Gasteiger partial charge is 0.461 e. The molecule has 0 aromatic heterocycles. The van der Waals surface area contributed by atoms with Crippen LogP contribution in [0.25, 0.3) is 0 Å². The number of nitrogens with one attached hydrogen (secondary N) is 1. The average Bonchev–Trinajstić information content (AvgIpc) is 2.18. The van der Waals surface area contributed by atoms with E-state index in [-0.39, 0.29) is 5.97 Å². The van der Waals surface area contributed by atoms with Gasteiger partial charge in [-0.25, -0.2) is 4.79 Å². The molecule has 1 rings (SSSR count). The Morgan fingerprint density at radius 2 is 2.20 bits per heavy atom. The van der Waals surface area contributed by atoms with Gasteiger partial charge in [0.25, 0.3) is 0 Å². The molecule has 86 valence electrons. The van der Waals surface area contributed by atoms with Crippen LogP contribution in [0.2, 0.25) is 0 Å². The minimum absolute atomic E-state index is 0.356. The lowest BCUT2D eigenvalue weighted by Gasteiger charge is -2.26. The van der Waals surface area contributed by atoms with Crippen LogP contribution < -0.4 is 11.1 Å². The van der Waals surface area contributed by atoms with Crippen molar-refractivity contribution in [1.82, 2.24) is 10.2 Å². The molecule has 1 aliphatic rings. The maximum absolute atomic E-state index is 11.1. The summed E-state index contributed by atoms with van der Waals surface area (Å²) < 4.78 is 5.00. The smallest absolute Gasteiger partial charge is 0.332 e. The van der Waals surface area contributed by atoms with E-state index >= 15 is 0 Å². The van der Waals surface area contributed by atoms with Gasteiger partial charge in [0.15, 0.2) is 0 Å². The van der Waals surface area contributed by atoms with Crippen molar-refractivity contribution in [3.05, 3.63) is 11.8 Å². The Kier molecular flexibility index (Phi) is 5.14. The van der Waals surface area contributed by atoms with Crippen molar-refractivity contribution in [2.75, 3.05) is 39.3 Å². The van der Waals surface area contributed by atoms with Gasteiger partial charge in [-0.1, -0.05) is 0 Å². The van der Waals surface area contributed by atoms with E-state index in [0.29, 0.717) is 12.3 Å². The second-order valence-corrected chi connectivity index (χ2v) is 3.65. The highest BCUT2D eigenvalue weighted by atomic mass is 16.5. The number of nitrogens with two attached hydrogens (primary N) is 1. The summed E-state index contributed by atoms with van der Waals surface area (Å²) in [6.07, 6.45) is 1.30. The van der Waals surface area contributed by atoms with Crippen LogP contribution in [0.4, 0.5) is 0 Å². The summed E-state index contributed by atoms with van der Waals surface area (Å²) in [6.45, 7) is 6.95. The predicted molar refractivity (Wildman–Crippen MR) is 58.2 cm³/mol. The minimum Gasteiger partial charge on any atom is -0.461 e. The molecule has 1 saturated heterocycles. The molecule has 3 N–H and O–H groups in total. The average molecular weight is 213 g/mol. The molecule has 0 aromatic carbocycles. The van der Waals surface area contributed by atoms with Crippen molar-refractivity contribution in [2.45, 2.75) is 6.92 Å². The summed E-state index contributed by atoms with van der Waals surface area (Å²) in [4.78, 5) is 13.4. The number of hydrogen-bond acceptors (Lipinski definition) is 5. The molecule has 15 heavy (non-hydrogen) atoms. The third-order valence-corrected chi connectivity index (χ3v) is 2.21. The van der Waals surface area contributed by atoms with Gasteiger partial charge in [-0.05, 0) is 6.92 Å². The number of hydrogen-bond donors (Lipinski definition) is 2. The van der Waals surface area contributed by atoms with Gasteiger partial charge in [-0.3, -0.25) is 4.90 Å². The number of allylic oxidation sites excluding steroid dienone is 1. The zero-order chi connectivity index (χ0) is 11.1. The lowest BCUT2D eigenvalue weighted by atomic mass is 10.3. The standard InChI is InChI=1S/C10H19N3O2/c1-9(11)8-10(14)15-7-6-13-4-2-12-3-5-13/h8,12H,2-7,11H2,1H3/b9-8-. The fourth-order valence-electron chi connectivity index (χ4n) is 1.44. The minimum atomic E-state index is -0.356. The van der Waals surface area contributed by atoms with E-state index in [2.05, 4.69) is 10.2 Å². The Balaban J connectivity index is 2.10. The molecule has 0 radical (unpaired) electrons. The first kappa shape index (κ1) is 12.0. The van der Waals surface area contributed by atoms with E-state index in [9.17, 15) is 4.79 Å². The molecule has 0 aromatic rings. The van der Waals surface area contributed by atoms with Crippen molar-refractivity contribution in [3.8, 4) is 0 Å². The maximum Gasteiger partial charge on any atom is 0.332 e. The van der Waals surface area contributed by atoms with Crippen LogP contribution >= 0.6 is 0 Å². The predicted octanol–water partition coefficient (Wildman–Crippen LogP) is -0.703. The molecule has 5 heteroatoms. The SMILES string of the molecule is C/C(N)=C/C(=O)OCCN1CCNCC1. The van der Waals surface area contributed by atoms with Gasteiger partial charge in [0.05, 0.1) is 0 Å². The first-order valence-corrected chi connectivity index (χ1v) is 5.22. The van der Waals surface area contributed by atoms with Gasteiger partial charge in [0.2, 0.25) is 0 Å². The van der Waals surface area contributed by atoms with E-state index in [1.54, 1.807) is 6.92 Å². The van der Waals surface area contributed by atoms with Crippen LogP contribution in [0.15, 0.2) is 11.8 Å². The second kappa shape index (κ2) is 6.42. The monoisotopic (exact) mass is 213 g/mol. The molecule has 0 unspecified atom stereocenters. The molecule has 1 heterocycles. The number of nitrogens with zero attached hydrogens (tertiary/aromatic N) is 1. The lowest BCUT2D eigenvalue weighted by Crippen LogP contribution is -2.44. The topological polar surface area (TPSA) is 67.6 Å². The summed E-state index contributed by atoms with van der Waals surface area (Å²) in [5.41, 5.74) is 5.82. The summed E-state index contributed by atoms with van der Waals surface area (Å²) in [6, 6.07) is 0. The van der Waals surface area contributed by atoms with E-state index in [1.165, 1.54) is 6.08 Å². The van der Waals surface area contributed by atoms with Crippen molar-refractivity contribution in [3.63, 3.8) is 0 Å². The molecule has 0 spiro atoms. The molecular weight excluding hydrogens is 194 g/mol. The van der Waals surface area contributed by atoms with Gasteiger partial charge in [0, 0.05) is 44.5 Å². The van der Waals surface area contributed by atoms with Gasteiger partial charge in [0.1, 0.15) is 6.61 Å². The number of esters is 1. The van der Waals surface area contributed by atoms with Crippen LogP contribution in [0, 0.1) is 0 Å². The summed E-state index contributed by atoms with van der Waals surface area (Å²) in [7, 11) is 0. The Labute approximate surface area is 90.3 Å². The van der Waals surface area contributed by atoms with Gasteiger partial charge in [-0.15, -0.1) is 0 Å². The number of ether oxygens (including phenoxy) is 1. The quantitative estimate of drug-likeness (QED) is 0.477. The second-order valence-electron chi connectivity index (χ2n) is 3.65. The number of carbonyl (C=O) groups is 1. The normalized spacial score (nSPS) is 18.9. The molecule has 0 saturated carbocycles. The zero-order valence-electron chi connectivity index (χ0n) is 9.16. The molecular formula is C10H19N3O2. The zero-order valence-corrected chi connectivity index (χ0v) is 9.16. The van der Waals surface area contributed by atoms with Crippen LogP contribution in [-0.4, -0.2) is 50.2 Å². The van der Waals surface area contributed by atoms with Gasteiger partial charge in [-0.2, -0.15) is 0 Å². The van der Waals surface area contributed by atoms with Crippen LogP contribution in [-0.2, 0) is 9.53 Å². The molecule has 1 fully saturated rings.